The van der Waals surface area contributed by atoms with E-state index in [0.717, 1.165) is 3.57 Å². The maximum absolute atomic E-state index is 12.4. The average Bonchev–Trinajstić information content (AvgIpc) is 3.16. The van der Waals surface area contributed by atoms with Crippen LogP contribution in [0.1, 0.15) is 5.76 Å². The lowest BCUT2D eigenvalue weighted by Crippen LogP contribution is -2.14. The second-order valence-corrected chi connectivity index (χ2v) is 7.32. The zero-order valence-electron chi connectivity index (χ0n) is 14.6. The van der Waals surface area contributed by atoms with Gasteiger partial charge in [0.05, 0.1) is 16.2 Å². The molecule has 0 bridgehead atoms. The van der Waals surface area contributed by atoms with Crippen molar-refractivity contribution in [2.24, 2.45) is 0 Å². The van der Waals surface area contributed by atoms with Crippen LogP contribution in [0.5, 0.6) is 0 Å². The maximum atomic E-state index is 12.4. The third-order valence-corrected chi connectivity index (χ3v) is 5.00. The number of nitro benzene ring substituents is 1. The quantitative estimate of drug-likeness (QED) is 0.154. The van der Waals surface area contributed by atoms with Crippen LogP contribution in [0.2, 0.25) is 5.02 Å². The van der Waals surface area contributed by atoms with Crippen LogP contribution in [0.25, 0.3) is 17.4 Å². The van der Waals surface area contributed by atoms with Gasteiger partial charge in [-0.1, -0.05) is 23.7 Å². The molecule has 0 atom stereocenters. The van der Waals surface area contributed by atoms with Gasteiger partial charge in [0.1, 0.15) is 23.2 Å². The summed E-state index contributed by atoms with van der Waals surface area (Å²) in [5.41, 5.74) is 0.437. The Morgan fingerprint density at radius 3 is 2.69 bits per heavy atom. The zero-order chi connectivity index (χ0) is 21.0. The number of nitro groups is 1. The van der Waals surface area contributed by atoms with Crippen LogP contribution in [-0.2, 0) is 4.79 Å². The Hall–Kier alpha value is -3.16. The molecule has 0 aliphatic rings. The summed E-state index contributed by atoms with van der Waals surface area (Å²) >= 11 is 7.90. The van der Waals surface area contributed by atoms with Crippen molar-refractivity contribution in [2.75, 3.05) is 5.32 Å². The van der Waals surface area contributed by atoms with Crippen molar-refractivity contribution in [3.8, 4) is 17.4 Å². The highest BCUT2D eigenvalue weighted by Gasteiger charge is 2.19. The molecule has 0 aliphatic heterocycles. The number of halogens is 2. The Morgan fingerprint density at radius 1 is 1.24 bits per heavy atom. The minimum Gasteiger partial charge on any atom is -0.456 e. The molecule has 0 unspecified atom stereocenters. The van der Waals surface area contributed by atoms with Crippen LogP contribution in [0, 0.1) is 25.0 Å². The van der Waals surface area contributed by atoms with Crippen molar-refractivity contribution >= 4 is 57.5 Å². The topological polar surface area (TPSA) is 109 Å². The summed E-state index contributed by atoms with van der Waals surface area (Å²) in [5, 5.41) is 23.5. The number of hydrogen-bond acceptors (Lipinski definition) is 5. The van der Waals surface area contributed by atoms with Crippen LogP contribution in [0.15, 0.2) is 64.6 Å². The average molecular weight is 520 g/mol. The van der Waals surface area contributed by atoms with Gasteiger partial charge < -0.3 is 9.73 Å². The third-order valence-electron chi connectivity index (χ3n) is 3.82. The van der Waals surface area contributed by atoms with Crippen LogP contribution in [0.3, 0.4) is 0 Å². The first-order chi connectivity index (χ1) is 13.9. The van der Waals surface area contributed by atoms with E-state index in [0.29, 0.717) is 5.69 Å². The Balaban J connectivity index is 1.89. The normalized spacial score (nSPS) is 11.0. The molecular weight excluding hydrogens is 509 g/mol. The predicted molar refractivity (Wildman–Crippen MR) is 117 cm³/mol. The Morgan fingerprint density at radius 2 is 2.00 bits per heavy atom. The fourth-order valence-corrected chi connectivity index (χ4v) is 3.17. The lowest BCUT2D eigenvalue weighted by Gasteiger charge is -2.05. The first kappa shape index (κ1) is 20.6. The van der Waals surface area contributed by atoms with Crippen LogP contribution in [0.4, 0.5) is 11.4 Å². The Bertz CT molecular complexity index is 1180. The molecule has 0 aliphatic carbocycles. The maximum Gasteiger partial charge on any atom is 0.281 e. The standard InChI is InChI=1S/C20H11ClIN3O4/c21-13-5-7-15(18(10-13)25(27)28)19-8-6-14(29-19)9-12(11-23)20(26)24-17-4-2-1-3-16(17)22/h1-10H,(H,24,26)/b12-9-. The largest absolute Gasteiger partial charge is 0.456 e. The first-order valence-corrected chi connectivity index (χ1v) is 9.56. The van der Waals surface area contributed by atoms with E-state index in [4.69, 9.17) is 16.0 Å². The van der Waals surface area contributed by atoms with Crippen molar-refractivity contribution in [1.82, 2.24) is 0 Å². The molecule has 1 amide bonds. The van der Waals surface area contributed by atoms with Crippen molar-refractivity contribution in [2.45, 2.75) is 0 Å². The molecule has 2 aromatic carbocycles. The van der Waals surface area contributed by atoms with E-state index in [1.165, 1.54) is 36.4 Å². The molecule has 7 nitrogen and oxygen atoms in total. The molecule has 0 spiro atoms. The van der Waals surface area contributed by atoms with Gasteiger partial charge in [-0.3, -0.25) is 14.9 Å². The third kappa shape index (κ3) is 4.82. The number of amides is 1. The summed E-state index contributed by atoms with van der Waals surface area (Å²) in [6.07, 6.45) is 1.27. The smallest absolute Gasteiger partial charge is 0.281 e. The molecule has 29 heavy (non-hydrogen) atoms. The van der Waals surface area contributed by atoms with Crippen molar-refractivity contribution in [3.63, 3.8) is 0 Å². The minimum absolute atomic E-state index is 0.170. The molecule has 3 rings (SSSR count). The molecule has 1 N–H and O–H groups in total. The first-order valence-electron chi connectivity index (χ1n) is 8.11. The minimum atomic E-state index is -0.591. The van der Waals surface area contributed by atoms with Crippen LogP contribution < -0.4 is 5.32 Å². The molecule has 0 radical (unpaired) electrons. The molecule has 1 heterocycles. The van der Waals surface area contributed by atoms with E-state index >= 15 is 0 Å². The number of rotatable bonds is 5. The molecule has 3 aromatic rings. The SMILES string of the molecule is N#C/C(=C/c1ccc(-c2ccc(Cl)cc2[N+](=O)[O-])o1)C(=O)Nc1ccccc1I. The van der Waals surface area contributed by atoms with E-state index in [9.17, 15) is 20.2 Å². The van der Waals surface area contributed by atoms with Gasteiger partial charge in [-0.05, 0) is 59.0 Å². The number of carbonyl (C=O) groups is 1. The van der Waals surface area contributed by atoms with E-state index in [1.54, 1.807) is 12.1 Å². The number of nitrogens with one attached hydrogen (secondary N) is 1. The van der Waals surface area contributed by atoms with Gasteiger partial charge in [-0.25, -0.2) is 0 Å². The summed E-state index contributed by atoms with van der Waals surface area (Å²) in [5.74, 6) is -0.166. The van der Waals surface area contributed by atoms with Crippen molar-refractivity contribution < 1.29 is 14.1 Å². The molecule has 9 heteroatoms. The number of anilines is 1. The van der Waals surface area contributed by atoms with Crippen LogP contribution >= 0.6 is 34.2 Å². The van der Waals surface area contributed by atoms with Gasteiger partial charge in [0, 0.05) is 20.7 Å². The molecular formula is C20H11ClIN3O4. The number of hydrogen-bond donors (Lipinski definition) is 1. The van der Waals surface area contributed by atoms with E-state index in [1.807, 2.05) is 18.2 Å². The number of nitrogens with zero attached hydrogens (tertiary/aromatic N) is 2. The van der Waals surface area contributed by atoms with Crippen molar-refractivity contribution in [1.29, 1.82) is 5.26 Å². The second kappa shape index (κ2) is 8.89. The van der Waals surface area contributed by atoms with Gasteiger partial charge in [-0.15, -0.1) is 0 Å². The summed E-state index contributed by atoms with van der Waals surface area (Å²) in [6.45, 7) is 0. The molecule has 0 saturated carbocycles. The highest BCUT2D eigenvalue weighted by Crippen LogP contribution is 2.33. The fraction of sp³-hybridized carbons (Fsp3) is 0. The summed E-state index contributed by atoms with van der Waals surface area (Å²) in [6, 6.07) is 16.2. The predicted octanol–water partition coefficient (Wildman–Crippen LogP) is 5.66. The van der Waals surface area contributed by atoms with E-state index in [-0.39, 0.29) is 33.4 Å². The van der Waals surface area contributed by atoms with Gasteiger partial charge in [0.25, 0.3) is 11.6 Å². The number of nitriles is 1. The lowest BCUT2D eigenvalue weighted by atomic mass is 10.1. The van der Waals surface area contributed by atoms with Crippen LogP contribution in [-0.4, -0.2) is 10.8 Å². The summed E-state index contributed by atoms with van der Waals surface area (Å²) in [4.78, 5) is 23.1. The number of para-hydroxylation sites is 1. The molecule has 0 fully saturated rings. The number of carbonyl (C=O) groups excluding carboxylic acids is 1. The zero-order valence-corrected chi connectivity index (χ0v) is 17.5. The Labute approximate surface area is 183 Å². The summed E-state index contributed by atoms with van der Waals surface area (Å²) in [7, 11) is 0. The van der Waals surface area contributed by atoms with Crippen molar-refractivity contribution in [3.05, 3.63) is 84.6 Å². The van der Waals surface area contributed by atoms with Gasteiger partial charge in [0.15, 0.2) is 0 Å². The van der Waals surface area contributed by atoms with E-state index in [2.05, 4.69) is 27.9 Å². The Kier molecular flexibility index (Phi) is 6.31. The van der Waals surface area contributed by atoms with Gasteiger partial charge in [0.2, 0.25) is 0 Å². The monoisotopic (exact) mass is 519 g/mol. The van der Waals surface area contributed by atoms with E-state index < -0.39 is 10.8 Å². The molecule has 0 saturated heterocycles. The molecule has 1 aromatic heterocycles. The second-order valence-electron chi connectivity index (χ2n) is 5.72. The molecule has 144 valence electrons. The highest BCUT2D eigenvalue weighted by molar-refractivity contribution is 14.1. The lowest BCUT2D eigenvalue weighted by molar-refractivity contribution is -0.384. The highest BCUT2D eigenvalue weighted by atomic mass is 127. The summed E-state index contributed by atoms with van der Waals surface area (Å²) < 4.78 is 6.43. The number of benzene rings is 2. The number of furan rings is 1. The fourth-order valence-electron chi connectivity index (χ4n) is 2.48. The van der Waals surface area contributed by atoms with Gasteiger partial charge in [-0.2, -0.15) is 5.26 Å². The van der Waals surface area contributed by atoms with Gasteiger partial charge >= 0.3 is 0 Å².